The third kappa shape index (κ3) is 4.91. The molecule has 28 heavy (non-hydrogen) atoms. The van der Waals surface area contributed by atoms with Gasteiger partial charge in [-0.3, -0.25) is 4.79 Å². The van der Waals surface area contributed by atoms with Crippen LogP contribution in [-0.4, -0.2) is 29.0 Å². The molecule has 2 N–H and O–H groups in total. The highest BCUT2D eigenvalue weighted by atomic mass is 16.5. The van der Waals surface area contributed by atoms with Gasteiger partial charge in [0.2, 0.25) is 0 Å². The predicted octanol–water partition coefficient (Wildman–Crippen LogP) is 3.25. The number of methoxy groups -OCH3 is 1. The van der Waals surface area contributed by atoms with Gasteiger partial charge in [0.15, 0.2) is 0 Å². The molecule has 7 heteroatoms. The zero-order valence-electron chi connectivity index (χ0n) is 15.6. The van der Waals surface area contributed by atoms with Crippen LogP contribution in [0.4, 0.5) is 11.5 Å². The van der Waals surface area contributed by atoms with Gasteiger partial charge < -0.3 is 15.4 Å². The molecule has 0 fully saturated rings. The number of benzene rings is 2. The van der Waals surface area contributed by atoms with Gasteiger partial charge in [0.1, 0.15) is 11.5 Å². The molecule has 3 rings (SSSR count). The zero-order valence-corrected chi connectivity index (χ0v) is 15.6. The zero-order chi connectivity index (χ0) is 19.9. The van der Waals surface area contributed by atoms with Crippen molar-refractivity contribution in [2.24, 2.45) is 0 Å². The summed E-state index contributed by atoms with van der Waals surface area (Å²) in [4.78, 5) is 32.2. The second-order valence-corrected chi connectivity index (χ2v) is 6.16. The molecule has 0 aliphatic carbocycles. The number of nitrogens with zero attached hydrogens (tertiary/aromatic N) is 2. The summed E-state index contributed by atoms with van der Waals surface area (Å²) in [6.07, 6.45) is 2.87. The van der Waals surface area contributed by atoms with Crippen LogP contribution in [0.25, 0.3) is 0 Å². The molecule has 142 valence electrons. The summed E-state index contributed by atoms with van der Waals surface area (Å²) in [5.41, 5.74) is 3.46. The largest absolute Gasteiger partial charge is 0.465 e. The normalized spacial score (nSPS) is 10.2. The Kier molecular flexibility index (Phi) is 5.96. The SMILES string of the molecule is COC(=O)c1cccc(Nc2cnc(C(=O)NCc3cccc(C)c3)cn2)c1. The van der Waals surface area contributed by atoms with Crippen molar-refractivity contribution in [3.63, 3.8) is 0 Å². The summed E-state index contributed by atoms with van der Waals surface area (Å²) in [6, 6.07) is 14.7. The van der Waals surface area contributed by atoms with E-state index in [4.69, 9.17) is 4.74 Å². The minimum absolute atomic E-state index is 0.224. The van der Waals surface area contributed by atoms with E-state index in [-0.39, 0.29) is 11.6 Å². The quantitative estimate of drug-likeness (QED) is 0.642. The monoisotopic (exact) mass is 376 g/mol. The second kappa shape index (κ2) is 8.77. The van der Waals surface area contributed by atoms with E-state index < -0.39 is 5.97 Å². The number of nitrogens with one attached hydrogen (secondary N) is 2. The fourth-order valence-corrected chi connectivity index (χ4v) is 2.59. The minimum atomic E-state index is -0.421. The maximum absolute atomic E-state index is 12.2. The van der Waals surface area contributed by atoms with Crippen LogP contribution in [0.1, 0.15) is 32.0 Å². The van der Waals surface area contributed by atoms with Crippen molar-refractivity contribution in [2.75, 3.05) is 12.4 Å². The standard InChI is InChI=1S/C21H20N4O3/c1-14-5-3-6-15(9-14)11-24-20(26)18-12-23-19(13-22-18)25-17-8-4-7-16(10-17)21(27)28-2/h3-10,12-13H,11H2,1-2H3,(H,23,25)(H,24,26). The number of rotatable bonds is 6. The van der Waals surface area contributed by atoms with Gasteiger partial charge in [0.25, 0.3) is 5.91 Å². The van der Waals surface area contributed by atoms with Crippen molar-refractivity contribution in [3.05, 3.63) is 83.3 Å². The van der Waals surface area contributed by atoms with E-state index in [0.29, 0.717) is 23.6 Å². The summed E-state index contributed by atoms with van der Waals surface area (Å²) in [7, 11) is 1.33. The van der Waals surface area contributed by atoms with Crippen molar-refractivity contribution >= 4 is 23.4 Å². The first-order valence-electron chi connectivity index (χ1n) is 8.66. The Morgan fingerprint density at radius 1 is 1.04 bits per heavy atom. The van der Waals surface area contributed by atoms with E-state index in [1.165, 1.54) is 19.5 Å². The molecule has 1 amide bonds. The lowest BCUT2D eigenvalue weighted by atomic mass is 10.1. The molecule has 1 aromatic heterocycles. The number of amides is 1. The second-order valence-electron chi connectivity index (χ2n) is 6.16. The van der Waals surface area contributed by atoms with Crippen molar-refractivity contribution in [1.82, 2.24) is 15.3 Å². The average Bonchev–Trinajstić information content (AvgIpc) is 2.72. The highest BCUT2D eigenvalue weighted by molar-refractivity contribution is 5.92. The van der Waals surface area contributed by atoms with Gasteiger partial charge >= 0.3 is 5.97 Å². The molecular weight excluding hydrogens is 356 g/mol. The van der Waals surface area contributed by atoms with Gasteiger partial charge in [-0.25, -0.2) is 14.8 Å². The summed E-state index contributed by atoms with van der Waals surface area (Å²) in [6.45, 7) is 2.42. The van der Waals surface area contributed by atoms with E-state index >= 15 is 0 Å². The molecule has 0 bridgehead atoms. The highest BCUT2D eigenvalue weighted by Crippen LogP contribution is 2.16. The lowest BCUT2D eigenvalue weighted by molar-refractivity contribution is 0.0600. The molecule has 0 aliphatic rings. The highest BCUT2D eigenvalue weighted by Gasteiger charge is 2.09. The molecule has 7 nitrogen and oxygen atoms in total. The van der Waals surface area contributed by atoms with Crippen LogP contribution >= 0.6 is 0 Å². The van der Waals surface area contributed by atoms with E-state index in [1.807, 2.05) is 31.2 Å². The fourth-order valence-electron chi connectivity index (χ4n) is 2.59. The molecule has 0 saturated heterocycles. The third-order valence-corrected chi connectivity index (χ3v) is 3.98. The summed E-state index contributed by atoms with van der Waals surface area (Å²) in [5, 5.41) is 5.87. The Morgan fingerprint density at radius 2 is 1.86 bits per heavy atom. The number of esters is 1. The van der Waals surface area contributed by atoms with Crippen molar-refractivity contribution < 1.29 is 14.3 Å². The summed E-state index contributed by atoms with van der Waals surface area (Å²) < 4.78 is 4.71. The molecule has 0 spiro atoms. The Hall–Kier alpha value is -3.74. The van der Waals surface area contributed by atoms with Crippen LogP contribution < -0.4 is 10.6 Å². The van der Waals surface area contributed by atoms with Crippen LogP contribution in [0.2, 0.25) is 0 Å². The molecule has 0 radical (unpaired) electrons. The van der Waals surface area contributed by atoms with Crippen molar-refractivity contribution in [1.29, 1.82) is 0 Å². The summed E-state index contributed by atoms with van der Waals surface area (Å²) >= 11 is 0. The maximum Gasteiger partial charge on any atom is 0.337 e. The number of hydrogen-bond acceptors (Lipinski definition) is 6. The van der Waals surface area contributed by atoms with Crippen LogP contribution in [0.3, 0.4) is 0 Å². The van der Waals surface area contributed by atoms with Gasteiger partial charge in [-0.1, -0.05) is 35.9 Å². The van der Waals surface area contributed by atoms with Crippen LogP contribution in [0.15, 0.2) is 60.9 Å². The van der Waals surface area contributed by atoms with Crippen LogP contribution in [0.5, 0.6) is 0 Å². The van der Waals surface area contributed by atoms with Gasteiger partial charge in [0, 0.05) is 12.2 Å². The lowest BCUT2D eigenvalue weighted by Crippen LogP contribution is -2.24. The first-order chi connectivity index (χ1) is 13.5. The predicted molar refractivity (Wildman–Crippen MR) is 105 cm³/mol. The average molecular weight is 376 g/mol. The number of aryl methyl sites for hydroxylation is 1. The van der Waals surface area contributed by atoms with E-state index in [1.54, 1.807) is 24.3 Å². The van der Waals surface area contributed by atoms with Gasteiger partial charge in [-0.15, -0.1) is 0 Å². The molecular formula is C21H20N4O3. The number of carbonyl (C=O) groups excluding carboxylic acids is 2. The van der Waals surface area contributed by atoms with E-state index in [0.717, 1.165) is 11.1 Å². The van der Waals surface area contributed by atoms with Gasteiger partial charge in [0.05, 0.1) is 25.1 Å². The summed E-state index contributed by atoms with van der Waals surface area (Å²) in [5.74, 6) is -0.263. The van der Waals surface area contributed by atoms with Crippen LogP contribution in [0, 0.1) is 6.92 Å². The minimum Gasteiger partial charge on any atom is -0.465 e. The number of carbonyl (C=O) groups is 2. The number of ether oxygens (including phenoxy) is 1. The first kappa shape index (κ1) is 19.0. The smallest absolute Gasteiger partial charge is 0.337 e. The van der Waals surface area contributed by atoms with Crippen molar-refractivity contribution in [2.45, 2.75) is 13.5 Å². The third-order valence-electron chi connectivity index (χ3n) is 3.98. The number of hydrogen-bond donors (Lipinski definition) is 2. The Labute approximate surface area is 162 Å². The topological polar surface area (TPSA) is 93.2 Å². The number of anilines is 2. The van der Waals surface area contributed by atoms with E-state index in [2.05, 4.69) is 20.6 Å². The molecule has 0 unspecified atom stereocenters. The molecule has 0 atom stereocenters. The number of aromatic nitrogens is 2. The Balaban J connectivity index is 1.61. The Morgan fingerprint density at radius 3 is 2.57 bits per heavy atom. The first-order valence-corrected chi connectivity index (χ1v) is 8.66. The van der Waals surface area contributed by atoms with Crippen LogP contribution in [-0.2, 0) is 11.3 Å². The van der Waals surface area contributed by atoms with Gasteiger partial charge in [-0.05, 0) is 30.7 Å². The molecule has 0 saturated carbocycles. The van der Waals surface area contributed by atoms with E-state index in [9.17, 15) is 9.59 Å². The fraction of sp³-hybridized carbons (Fsp3) is 0.143. The molecule has 3 aromatic rings. The Bertz CT molecular complexity index is 987. The van der Waals surface area contributed by atoms with Gasteiger partial charge in [-0.2, -0.15) is 0 Å². The lowest BCUT2D eigenvalue weighted by Gasteiger charge is -2.08. The molecule has 2 aromatic carbocycles. The van der Waals surface area contributed by atoms with Crippen molar-refractivity contribution in [3.8, 4) is 0 Å². The maximum atomic E-state index is 12.2. The molecule has 1 heterocycles. The molecule has 0 aliphatic heterocycles.